The second-order valence-electron chi connectivity index (χ2n) is 3.71. The highest BCUT2D eigenvalue weighted by Crippen LogP contribution is 2.28. The van der Waals surface area contributed by atoms with E-state index in [0.29, 0.717) is 12.2 Å². The molecule has 2 heterocycles. The number of rotatable bonds is 4. The summed E-state index contributed by atoms with van der Waals surface area (Å²) in [5.41, 5.74) is 0.363. The molecule has 0 saturated carbocycles. The Labute approximate surface area is 104 Å². The average Bonchev–Trinajstić information content (AvgIpc) is 2.65. The maximum absolute atomic E-state index is 12.1. The lowest BCUT2D eigenvalue weighted by atomic mass is 10.3. The Morgan fingerprint density at radius 1 is 1.56 bits per heavy atom. The summed E-state index contributed by atoms with van der Waals surface area (Å²) in [5, 5.41) is 0. The molecule has 1 aliphatic heterocycles. The van der Waals surface area contributed by atoms with Crippen LogP contribution in [0.15, 0.2) is 31.0 Å². The van der Waals surface area contributed by atoms with Gasteiger partial charge in [0.15, 0.2) is 0 Å². The standard InChI is InChI=1S/C12H13N3O3/c1-3-7-14-8-10(16)15(12(14)17)9-5-4-6-13-11(9)18-2/h3-6H,1,7-8H2,2H3. The number of nitrogens with zero attached hydrogens (tertiary/aromatic N) is 3. The third-order valence-electron chi connectivity index (χ3n) is 2.57. The number of carbonyl (C=O) groups is 2. The molecule has 18 heavy (non-hydrogen) atoms. The molecule has 2 rings (SSSR count). The molecule has 94 valence electrons. The van der Waals surface area contributed by atoms with Gasteiger partial charge in [-0.3, -0.25) is 4.79 Å². The number of hydrogen-bond donors (Lipinski definition) is 0. The Morgan fingerprint density at radius 3 is 3.00 bits per heavy atom. The first-order valence-corrected chi connectivity index (χ1v) is 5.40. The molecule has 1 aliphatic rings. The van der Waals surface area contributed by atoms with Crippen molar-refractivity contribution in [3.63, 3.8) is 0 Å². The van der Waals surface area contributed by atoms with E-state index in [-0.39, 0.29) is 24.4 Å². The number of methoxy groups -OCH3 is 1. The normalized spacial score (nSPS) is 15.2. The van der Waals surface area contributed by atoms with Crippen LogP contribution in [0.2, 0.25) is 0 Å². The number of imide groups is 1. The largest absolute Gasteiger partial charge is 0.479 e. The number of urea groups is 1. The Balaban J connectivity index is 2.36. The van der Waals surface area contributed by atoms with Crippen LogP contribution in [0.3, 0.4) is 0 Å². The minimum absolute atomic E-state index is 0.0445. The fourth-order valence-corrected chi connectivity index (χ4v) is 1.80. The van der Waals surface area contributed by atoms with E-state index in [0.717, 1.165) is 4.90 Å². The summed E-state index contributed by atoms with van der Waals surface area (Å²) in [6, 6.07) is 2.89. The number of ether oxygens (including phenoxy) is 1. The molecule has 0 radical (unpaired) electrons. The van der Waals surface area contributed by atoms with Gasteiger partial charge in [-0.15, -0.1) is 6.58 Å². The molecule has 0 aliphatic carbocycles. The first-order valence-electron chi connectivity index (χ1n) is 5.40. The summed E-state index contributed by atoms with van der Waals surface area (Å²) in [6.07, 6.45) is 3.12. The van der Waals surface area contributed by atoms with Crippen molar-refractivity contribution >= 4 is 17.6 Å². The van der Waals surface area contributed by atoms with Gasteiger partial charge in [-0.25, -0.2) is 14.7 Å². The number of amides is 3. The van der Waals surface area contributed by atoms with Crippen LogP contribution in [0.5, 0.6) is 5.88 Å². The predicted molar refractivity (Wildman–Crippen MR) is 65.4 cm³/mol. The zero-order valence-corrected chi connectivity index (χ0v) is 10.00. The van der Waals surface area contributed by atoms with Crippen molar-refractivity contribution in [2.24, 2.45) is 0 Å². The number of anilines is 1. The third-order valence-corrected chi connectivity index (χ3v) is 2.57. The minimum atomic E-state index is -0.383. The molecule has 1 aromatic heterocycles. The monoisotopic (exact) mass is 247 g/mol. The Bertz CT molecular complexity index is 501. The maximum atomic E-state index is 12.1. The van der Waals surface area contributed by atoms with E-state index in [1.165, 1.54) is 18.2 Å². The zero-order chi connectivity index (χ0) is 13.1. The predicted octanol–water partition coefficient (Wildman–Crippen LogP) is 1.04. The molecular weight excluding hydrogens is 234 g/mol. The van der Waals surface area contributed by atoms with Gasteiger partial charge in [0.05, 0.1) is 7.11 Å². The Hall–Kier alpha value is -2.37. The highest BCUT2D eigenvalue weighted by Gasteiger charge is 2.38. The van der Waals surface area contributed by atoms with E-state index in [1.807, 2.05) is 0 Å². The molecule has 1 aromatic rings. The van der Waals surface area contributed by atoms with Crippen LogP contribution in [0.1, 0.15) is 0 Å². The maximum Gasteiger partial charge on any atom is 0.332 e. The molecule has 1 saturated heterocycles. The van der Waals surface area contributed by atoms with Crippen molar-refractivity contribution in [2.75, 3.05) is 25.1 Å². The molecule has 0 aromatic carbocycles. The smallest absolute Gasteiger partial charge is 0.332 e. The molecule has 0 spiro atoms. The first kappa shape index (κ1) is 12.1. The fourth-order valence-electron chi connectivity index (χ4n) is 1.80. The number of carbonyl (C=O) groups excluding carboxylic acids is 2. The molecule has 6 nitrogen and oxygen atoms in total. The lowest BCUT2D eigenvalue weighted by molar-refractivity contribution is -0.116. The summed E-state index contributed by atoms with van der Waals surface area (Å²) in [6.45, 7) is 3.94. The second kappa shape index (κ2) is 4.87. The molecule has 0 unspecified atom stereocenters. The molecule has 0 bridgehead atoms. The molecule has 6 heteroatoms. The number of aromatic nitrogens is 1. The van der Waals surface area contributed by atoms with Gasteiger partial charge in [0.25, 0.3) is 5.91 Å². The average molecular weight is 247 g/mol. The molecule has 3 amide bonds. The van der Waals surface area contributed by atoms with E-state index in [9.17, 15) is 9.59 Å². The Morgan fingerprint density at radius 2 is 2.33 bits per heavy atom. The SMILES string of the molecule is C=CCN1CC(=O)N(c2cccnc2OC)C1=O. The highest BCUT2D eigenvalue weighted by molar-refractivity contribution is 6.20. The van der Waals surface area contributed by atoms with Crippen LogP contribution in [-0.4, -0.2) is 42.0 Å². The van der Waals surface area contributed by atoms with Crippen molar-refractivity contribution in [1.29, 1.82) is 0 Å². The Kier molecular flexibility index (Phi) is 3.27. The molecular formula is C12H13N3O3. The molecule has 1 fully saturated rings. The second-order valence-corrected chi connectivity index (χ2v) is 3.71. The van der Waals surface area contributed by atoms with Crippen LogP contribution < -0.4 is 9.64 Å². The quantitative estimate of drug-likeness (QED) is 0.589. The van der Waals surface area contributed by atoms with Crippen molar-refractivity contribution in [2.45, 2.75) is 0 Å². The summed E-state index contributed by atoms with van der Waals surface area (Å²) in [5.74, 6) is -0.0483. The third kappa shape index (κ3) is 1.92. The van der Waals surface area contributed by atoms with Gasteiger partial charge in [0.1, 0.15) is 12.2 Å². The topological polar surface area (TPSA) is 62.7 Å². The van der Waals surface area contributed by atoms with E-state index in [1.54, 1.807) is 18.2 Å². The van der Waals surface area contributed by atoms with E-state index in [4.69, 9.17) is 4.74 Å². The summed E-state index contributed by atoms with van der Waals surface area (Å²) < 4.78 is 5.05. The van der Waals surface area contributed by atoms with Gasteiger partial charge in [-0.2, -0.15) is 0 Å². The van der Waals surface area contributed by atoms with Crippen LogP contribution >= 0.6 is 0 Å². The number of pyridine rings is 1. The minimum Gasteiger partial charge on any atom is -0.479 e. The number of hydrogen-bond acceptors (Lipinski definition) is 4. The highest BCUT2D eigenvalue weighted by atomic mass is 16.5. The fraction of sp³-hybridized carbons (Fsp3) is 0.250. The van der Waals surface area contributed by atoms with Crippen molar-refractivity contribution in [1.82, 2.24) is 9.88 Å². The lowest BCUT2D eigenvalue weighted by Gasteiger charge is -2.17. The van der Waals surface area contributed by atoms with Crippen molar-refractivity contribution in [3.8, 4) is 5.88 Å². The molecule has 0 N–H and O–H groups in total. The lowest BCUT2D eigenvalue weighted by Crippen LogP contribution is -2.33. The van der Waals surface area contributed by atoms with Gasteiger partial charge in [0.2, 0.25) is 5.88 Å². The van der Waals surface area contributed by atoms with Crippen LogP contribution in [0, 0.1) is 0 Å². The van der Waals surface area contributed by atoms with Gasteiger partial charge >= 0.3 is 6.03 Å². The summed E-state index contributed by atoms with van der Waals surface area (Å²) in [7, 11) is 1.44. The summed E-state index contributed by atoms with van der Waals surface area (Å²) in [4.78, 5) is 30.4. The molecule has 0 atom stereocenters. The first-order chi connectivity index (χ1) is 8.69. The van der Waals surface area contributed by atoms with E-state index < -0.39 is 0 Å². The van der Waals surface area contributed by atoms with Gasteiger partial charge in [0, 0.05) is 12.7 Å². The van der Waals surface area contributed by atoms with Gasteiger partial charge < -0.3 is 9.64 Å². The van der Waals surface area contributed by atoms with Crippen molar-refractivity contribution < 1.29 is 14.3 Å². The van der Waals surface area contributed by atoms with Gasteiger partial charge in [-0.1, -0.05) is 6.08 Å². The van der Waals surface area contributed by atoms with Crippen LogP contribution in [0.4, 0.5) is 10.5 Å². The van der Waals surface area contributed by atoms with Crippen molar-refractivity contribution in [3.05, 3.63) is 31.0 Å². The van der Waals surface area contributed by atoms with E-state index >= 15 is 0 Å². The zero-order valence-electron chi connectivity index (χ0n) is 10.00. The van der Waals surface area contributed by atoms with E-state index in [2.05, 4.69) is 11.6 Å². The van der Waals surface area contributed by atoms with Crippen LogP contribution in [0.25, 0.3) is 0 Å². The summed E-state index contributed by atoms with van der Waals surface area (Å²) >= 11 is 0. The van der Waals surface area contributed by atoms with Gasteiger partial charge in [-0.05, 0) is 12.1 Å². The van der Waals surface area contributed by atoms with Crippen LogP contribution in [-0.2, 0) is 4.79 Å².